The van der Waals surface area contributed by atoms with E-state index in [0.29, 0.717) is 0 Å². The number of fused-ring (bicyclic) bond motifs is 1. The molecule has 0 saturated carbocycles. The van der Waals surface area contributed by atoms with Gasteiger partial charge in [-0.25, -0.2) is 9.18 Å². The van der Waals surface area contributed by atoms with Crippen molar-refractivity contribution in [3.8, 4) is 16.3 Å². The Balaban J connectivity index is 1.67. The van der Waals surface area contributed by atoms with E-state index in [9.17, 15) is 19.1 Å². The van der Waals surface area contributed by atoms with Gasteiger partial charge >= 0.3 is 5.63 Å². The summed E-state index contributed by atoms with van der Waals surface area (Å²) < 4.78 is 18.9. The van der Waals surface area contributed by atoms with Crippen LogP contribution in [0.4, 0.5) is 9.52 Å². The maximum Gasteiger partial charge on any atom is 0.353 e. The van der Waals surface area contributed by atoms with Crippen LogP contribution >= 0.6 is 11.3 Å². The van der Waals surface area contributed by atoms with E-state index in [0.717, 1.165) is 11.3 Å². The Kier molecular flexibility index (Phi) is 4.13. The number of nitrogens with zero attached hydrogens (tertiary/aromatic N) is 2. The number of hydrogen-bond donors (Lipinski definition) is 2. The molecule has 0 atom stereocenters. The Morgan fingerprint density at radius 3 is 2.67 bits per heavy atom. The van der Waals surface area contributed by atoms with Gasteiger partial charge in [-0.15, -0.1) is 10.2 Å². The van der Waals surface area contributed by atoms with Gasteiger partial charge in [0, 0.05) is 5.56 Å². The minimum atomic E-state index is -0.984. The van der Waals surface area contributed by atoms with Crippen LogP contribution in [-0.2, 0) is 0 Å². The molecular formula is C18H10FN3O4S. The SMILES string of the molecule is O=C(Nc1nnc(-c2ccccc2F)s1)c1c(O)c2ccccc2oc1=O. The predicted octanol–water partition coefficient (Wildman–Crippen LogP) is 3.41. The van der Waals surface area contributed by atoms with Gasteiger partial charge in [-0.3, -0.25) is 10.1 Å². The lowest BCUT2D eigenvalue weighted by Gasteiger charge is -2.05. The third-order valence-corrected chi connectivity index (χ3v) is 4.63. The first-order valence-electron chi connectivity index (χ1n) is 7.69. The zero-order valence-electron chi connectivity index (χ0n) is 13.5. The van der Waals surface area contributed by atoms with E-state index >= 15 is 0 Å². The maximum absolute atomic E-state index is 13.8. The zero-order chi connectivity index (χ0) is 19.0. The van der Waals surface area contributed by atoms with E-state index in [1.165, 1.54) is 24.3 Å². The van der Waals surface area contributed by atoms with Gasteiger partial charge in [-0.2, -0.15) is 0 Å². The van der Waals surface area contributed by atoms with Gasteiger partial charge in [0.1, 0.15) is 17.1 Å². The van der Waals surface area contributed by atoms with Crippen molar-refractivity contribution in [2.45, 2.75) is 0 Å². The van der Waals surface area contributed by atoms with E-state index in [2.05, 4.69) is 15.5 Å². The molecule has 7 nitrogen and oxygen atoms in total. The van der Waals surface area contributed by atoms with Crippen LogP contribution in [0.15, 0.2) is 57.7 Å². The maximum atomic E-state index is 13.8. The minimum Gasteiger partial charge on any atom is -0.506 e. The highest BCUT2D eigenvalue weighted by molar-refractivity contribution is 7.18. The summed E-state index contributed by atoms with van der Waals surface area (Å²) in [6, 6.07) is 12.3. The van der Waals surface area contributed by atoms with Crippen LogP contribution in [0.25, 0.3) is 21.5 Å². The second-order valence-electron chi connectivity index (χ2n) is 5.46. The van der Waals surface area contributed by atoms with Crippen LogP contribution in [0, 0.1) is 5.82 Å². The summed E-state index contributed by atoms with van der Waals surface area (Å²) in [7, 11) is 0. The summed E-state index contributed by atoms with van der Waals surface area (Å²) in [5.74, 6) is -1.86. The first kappa shape index (κ1) is 16.9. The normalized spacial score (nSPS) is 10.9. The van der Waals surface area contributed by atoms with Crippen LogP contribution in [0.1, 0.15) is 10.4 Å². The molecule has 2 aromatic heterocycles. The monoisotopic (exact) mass is 383 g/mol. The third kappa shape index (κ3) is 3.04. The smallest absolute Gasteiger partial charge is 0.353 e. The van der Waals surface area contributed by atoms with Crippen molar-refractivity contribution in [3.63, 3.8) is 0 Å². The molecule has 4 aromatic rings. The van der Waals surface area contributed by atoms with Gasteiger partial charge in [0.15, 0.2) is 10.6 Å². The fourth-order valence-corrected chi connectivity index (χ4v) is 3.28. The van der Waals surface area contributed by atoms with Gasteiger partial charge in [0.2, 0.25) is 5.13 Å². The fourth-order valence-electron chi connectivity index (χ4n) is 2.51. The molecule has 134 valence electrons. The lowest BCUT2D eigenvalue weighted by Crippen LogP contribution is -2.21. The van der Waals surface area contributed by atoms with Gasteiger partial charge < -0.3 is 9.52 Å². The van der Waals surface area contributed by atoms with E-state index < -0.39 is 28.7 Å². The third-order valence-electron chi connectivity index (χ3n) is 3.76. The molecule has 2 aromatic carbocycles. The second kappa shape index (κ2) is 6.61. The molecule has 2 heterocycles. The Morgan fingerprint density at radius 1 is 1.11 bits per heavy atom. The molecule has 27 heavy (non-hydrogen) atoms. The fraction of sp³-hybridized carbons (Fsp3) is 0. The second-order valence-corrected chi connectivity index (χ2v) is 6.43. The summed E-state index contributed by atoms with van der Waals surface area (Å²) in [5, 5.41) is 20.8. The first-order valence-corrected chi connectivity index (χ1v) is 8.51. The summed E-state index contributed by atoms with van der Waals surface area (Å²) in [6.07, 6.45) is 0. The number of amides is 1. The number of hydrogen-bond acceptors (Lipinski definition) is 7. The number of anilines is 1. The molecule has 1 amide bonds. The number of para-hydroxylation sites is 1. The molecule has 9 heteroatoms. The number of aromatic nitrogens is 2. The molecule has 0 aliphatic heterocycles. The summed E-state index contributed by atoms with van der Waals surface area (Å²) in [4.78, 5) is 24.5. The van der Waals surface area contributed by atoms with Gasteiger partial charge in [-0.05, 0) is 24.3 Å². The van der Waals surface area contributed by atoms with Crippen LogP contribution < -0.4 is 10.9 Å². The largest absolute Gasteiger partial charge is 0.506 e. The summed E-state index contributed by atoms with van der Waals surface area (Å²) >= 11 is 0.930. The number of carbonyl (C=O) groups is 1. The Labute approximate surface area is 154 Å². The average Bonchev–Trinajstić information content (AvgIpc) is 3.10. The van der Waals surface area contributed by atoms with Crippen LogP contribution in [0.5, 0.6) is 5.75 Å². The van der Waals surface area contributed by atoms with Crippen molar-refractivity contribution in [1.82, 2.24) is 10.2 Å². The lowest BCUT2D eigenvalue weighted by atomic mass is 10.1. The number of benzene rings is 2. The number of aromatic hydroxyl groups is 1. The predicted molar refractivity (Wildman–Crippen MR) is 97.4 cm³/mol. The van der Waals surface area contributed by atoms with Crippen molar-refractivity contribution in [2.75, 3.05) is 5.32 Å². The van der Waals surface area contributed by atoms with Crippen molar-refractivity contribution < 1.29 is 18.7 Å². The van der Waals surface area contributed by atoms with Gasteiger partial charge in [0.05, 0.1) is 5.39 Å². The van der Waals surface area contributed by atoms with Crippen molar-refractivity contribution in [3.05, 3.63) is 70.3 Å². The van der Waals surface area contributed by atoms with Crippen LogP contribution in [-0.4, -0.2) is 21.2 Å². The first-order chi connectivity index (χ1) is 13.0. The minimum absolute atomic E-state index is 0.0465. The Bertz CT molecular complexity index is 1230. The molecule has 4 rings (SSSR count). The zero-order valence-corrected chi connectivity index (χ0v) is 14.3. The van der Waals surface area contributed by atoms with Crippen molar-refractivity contribution >= 4 is 33.3 Å². The molecule has 0 bridgehead atoms. The van der Waals surface area contributed by atoms with Crippen molar-refractivity contribution in [1.29, 1.82) is 0 Å². The molecule has 0 spiro atoms. The summed E-state index contributed by atoms with van der Waals surface area (Å²) in [5.41, 5.74) is -1.13. The molecule has 0 aliphatic rings. The highest BCUT2D eigenvalue weighted by atomic mass is 32.1. The van der Waals surface area contributed by atoms with Gasteiger partial charge in [-0.1, -0.05) is 35.6 Å². The van der Waals surface area contributed by atoms with Crippen molar-refractivity contribution in [2.24, 2.45) is 0 Å². The quantitative estimate of drug-likeness (QED) is 0.525. The molecule has 0 saturated heterocycles. The van der Waals surface area contributed by atoms with E-state index in [-0.39, 0.29) is 26.7 Å². The Morgan fingerprint density at radius 2 is 1.85 bits per heavy atom. The van der Waals surface area contributed by atoms with Gasteiger partial charge in [0.25, 0.3) is 5.91 Å². The molecular weight excluding hydrogens is 373 g/mol. The lowest BCUT2D eigenvalue weighted by molar-refractivity contribution is 0.102. The molecule has 0 unspecified atom stereocenters. The van der Waals surface area contributed by atoms with Crippen LogP contribution in [0.2, 0.25) is 0 Å². The number of nitrogens with one attached hydrogen (secondary N) is 1. The highest BCUT2D eigenvalue weighted by Crippen LogP contribution is 2.30. The Hall–Kier alpha value is -3.59. The highest BCUT2D eigenvalue weighted by Gasteiger charge is 2.22. The number of halogens is 1. The van der Waals surface area contributed by atoms with E-state index in [1.807, 2.05) is 0 Å². The van der Waals surface area contributed by atoms with Crippen LogP contribution in [0.3, 0.4) is 0 Å². The summed E-state index contributed by atoms with van der Waals surface area (Å²) in [6.45, 7) is 0. The number of carbonyl (C=O) groups excluding carboxylic acids is 1. The average molecular weight is 383 g/mol. The van der Waals surface area contributed by atoms with E-state index in [1.54, 1.807) is 24.3 Å². The standard InChI is InChI=1S/C18H10FN3O4S/c19-11-7-3-1-5-9(11)16-21-22-18(27-16)20-15(24)13-14(23)10-6-2-4-8-12(10)26-17(13)25/h1-8,23H,(H,20,22,24). The molecule has 0 radical (unpaired) electrons. The topological polar surface area (TPSA) is 105 Å². The van der Waals surface area contributed by atoms with E-state index in [4.69, 9.17) is 4.42 Å². The molecule has 0 fully saturated rings. The molecule has 0 aliphatic carbocycles. The number of rotatable bonds is 3. The molecule has 2 N–H and O–H groups in total.